The van der Waals surface area contributed by atoms with E-state index < -0.39 is 38.4 Å². The Morgan fingerprint density at radius 1 is 1.07 bits per heavy atom. The van der Waals surface area contributed by atoms with E-state index in [0.717, 1.165) is 6.07 Å². The summed E-state index contributed by atoms with van der Waals surface area (Å²) in [7, 11) is -4.10. The van der Waals surface area contributed by atoms with E-state index >= 15 is 0 Å². The molecule has 27 heavy (non-hydrogen) atoms. The number of rotatable bonds is 7. The number of hydrogen-bond donors (Lipinski definition) is 3. The Kier molecular flexibility index (Phi) is 6.47. The number of carbonyl (C=O) groups is 2. The zero-order valence-electron chi connectivity index (χ0n) is 13.6. The molecule has 0 spiro atoms. The molecule has 11 heteroatoms. The molecule has 144 valence electrons. The first-order chi connectivity index (χ1) is 12.6. The summed E-state index contributed by atoms with van der Waals surface area (Å²) in [5, 5.41) is 2.53. The number of nitrogens with two attached hydrogens (primary N) is 1. The van der Waals surface area contributed by atoms with Gasteiger partial charge in [0.05, 0.1) is 15.5 Å². The fourth-order valence-corrected chi connectivity index (χ4v) is 3.36. The topological polar surface area (TPSA) is 118 Å². The lowest BCUT2D eigenvalue weighted by atomic mass is 10.2. The minimum Gasteiger partial charge on any atom is -0.366 e. The summed E-state index contributed by atoms with van der Waals surface area (Å²) in [5.74, 6) is -3.73. The van der Waals surface area contributed by atoms with Crippen molar-refractivity contribution in [1.29, 1.82) is 0 Å². The molecule has 0 bridgehead atoms. The van der Waals surface area contributed by atoms with Gasteiger partial charge in [0, 0.05) is 18.7 Å². The van der Waals surface area contributed by atoms with Gasteiger partial charge in [-0.05, 0) is 36.4 Å². The molecule has 0 saturated carbocycles. The molecular weight excluding hydrogens is 404 g/mol. The average Bonchev–Trinajstić information content (AvgIpc) is 2.56. The molecule has 7 nitrogen and oxygen atoms in total. The molecule has 0 atom stereocenters. The lowest BCUT2D eigenvalue weighted by Crippen LogP contribution is -2.28. The van der Waals surface area contributed by atoms with Crippen LogP contribution >= 0.6 is 11.6 Å². The average molecular weight is 418 g/mol. The first-order valence-corrected chi connectivity index (χ1v) is 9.30. The fraction of sp³-hybridized carbons (Fsp3) is 0.125. The highest BCUT2D eigenvalue weighted by Crippen LogP contribution is 2.20. The van der Waals surface area contributed by atoms with Crippen LogP contribution in [0.3, 0.4) is 0 Å². The minimum atomic E-state index is -4.10. The van der Waals surface area contributed by atoms with E-state index in [1.165, 1.54) is 18.2 Å². The van der Waals surface area contributed by atoms with Gasteiger partial charge in [-0.15, -0.1) is 0 Å². The molecule has 0 heterocycles. The van der Waals surface area contributed by atoms with Crippen LogP contribution in [0.15, 0.2) is 41.3 Å². The number of halogens is 3. The molecule has 0 aromatic heterocycles. The lowest BCUT2D eigenvalue weighted by Gasteiger charge is -2.09. The number of amides is 2. The molecular formula is C16H14ClF2N3O4S. The van der Waals surface area contributed by atoms with Crippen molar-refractivity contribution >= 4 is 39.1 Å². The summed E-state index contributed by atoms with van der Waals surface area (Å²) in [6.45, 7) is -0.278. The zero-order chi connectivity index (χ0) is 20.2. The first kappa shape index (κ1) is 20.7. The van der Waals surface area contributed by atoms with E-state index in [1.54, 1.807) is 0 Å². The number of carbonyl (C=O) groups excluding carboxylic acids is 2. The second-order valence-electron chi connectivity index (χ2n) is 5.33. The van der Waals surface area contributed by atoms with Crippen molar-refractivity contribution in [3.63, 3.8) is 0 Å². The van der Waals surface area contributed by atoms with Crippen molar-refractivity contribution in [2.45, 2.75) is 11.3 Å². The van der Waals surface area contributed by atoms with E-state index in [4.69, 9.17) is 17.3 Å². The maximum atomic E-state index is 13.1. The SMILES string of the molecule is NC(=O)c1ccc(NC(=O)CCNS(=O)(=O)c2ccc(F)c(F)c2)cc1Cl. The van der Waals surface area contributed by atoms with Crippen LogP contribution < -0.4 is 15.8 Å². The van der Waals surface area contributed by atoms with Gasteiger partial charge in [0.2, 0.25) is 21.8 Å². The van der Waals surface area contributed by atoms with Gasteiger partial charge in [0.25, 0.3) is 0 Å². The number of benzene rings is 2. The number of primary amides is 1. The minimum absolute atomic E-state index is 0.0549. The highest BCUT2D eigenvalue weighted by atomic mass is 35.5. The Balaban J connectivity index is 1.93. The highest BCUT2D eigenvalue weighted by molar-refractivity contribution is 7.89. The van der Waals surface area contributed by atoms with Gasteiger partial charge >= 0.3 is 0 Å². The van der Waals surface area contributed by atoms with Crippen LogP contribution in [0, 0.1) is 11.6 Å². The van der Waals surface area contributed by atoms with Gasteiger partial charge in [0.15, 0.2) is 11.6 Å². The molecule has 0 fully saturated rings. The van der Waals surface area contributed by atoms with Gasteiger partial charge in [-0.2, -0.15) is 0 Å². The predicted molar refractivity (Wildman–Crippen MR) is 94.8 cm³/mol. The fourth-order valence-electron chi connectivity index (χ4n) is 2.04. The summed E-state index contributed by atoms with van der Waals surface area (Å²) in [6.07, 6.45) is -0.238. The van der Waals surface area contributed by atoms with Gasteiger partial charge in [-0.25, -0.2) is 21.9 Å². The summed E-state index contributed by atoms with van der Waals surface area (Å²) < 4.78 is 52.1. The standard InChI is InChI=1S/C16H14ClF2N3O4S/c17-12-7-9(1-3-11(12)16(20)24)22-15(23)5-6-21-27(25,26)10-2-4-13(18)14(19)8-10/h1-4,7-8,21H,5-6H2,(H2,20,24)(H,22,23). The van der Waals surface area contributed by atoms with Crippen LogP contribution in [0.5, 0.6) is 0 Å². The molecule has 2 aromatic rings. The van der Waals surface area contributed by atoms with Crippen LogP contribution in [-0.2, 0) is 14.8 Å². The lowest BCUT2D eigenvalue weighted by molar-refractivity contribution is -0.116. The summed E-state index contributed by atoms with van der Waals surface area (Å²) >= 11 is 5.86. The van der Waals surface area contributed by atoms with E-state index in [2.05, 4.69) is 10.0 Å². The zero-order valence-corrected chi connectivity index (χ0v) is 15.2. The molecule has 0 aliphatic carbocycles. The number of nitrogens with one attached hydrogen (secondary N) is 2. The second kappa shape index (κ2) is 8.42. The van der Waals surface area contributed by atoms with Crippen molar-refractivity contribution < 1.29 is 26.8 Å². The van der Waals surface area contributed by atoms with Crippen molar-refractivity contribution in [2.75, 3.05) is 11.9 Å². The van der Waals surface area contributed by atoms with Crippen LogP contribution in [0.25, 0.3) is 0 Å². The summed E-state index contributed by atoms with van der Waals surface area (Å²) in [6, 6.07) is 6.21. The Hall–Kier alpha value is -2.56. The molecule has 2 rings (SSSR count). The Labute approximate surface area is 158 Å². The number of sulfonamides is 1. The van der Waals surface area contributed by atoms with Crippen molar-refractivity contribution in [1.82, 2.24) is 4.72 Å². The summed E-state index contributed by atoms with van der Waals surface area (Å²) in [4.78, 5) is 22.5. The molecule has 2 amide bonds. The largest absolute Gasteiger partial charge is 0.366 e. The summed E-state index contributed by atoms with van der Waals surface area (Å²) in [5.41, 5.74) is 5.50. The third-order valence-electron chi connectivity index (χ3n) is 3.36. The van der Waals surface area contributed by atoms with E-state index in [-0.39, 0.29) is 23.6 Å². The Morgan fingerprint density at radius 2 is 1.78 bits per heavy atom. The second-order valence-corrected chi connectivity index (χ2v) is 7.50. The van der Waals surface area contributed by atoms with Crippen LogP contribution in [-0.4, -0.2) is 26.8 Å². The van der Waals surface area contributed by atoms with Crippen molar-refractivity contribution in [2.24, 2.45) is 5.73 Å². The number of hydrogen-bond acceptors (Lipinski definition) is 4. The van der Waals surface area contributed by atoms with E-state index in [9.17, 15) is 26.8 Å². The molecule has 0 saturated heterocycles. The maximum Gasteiger partial charge on any atom is 0.250 e. The number of anilines is 1. The Bertz CT molecular complexity index is 999. The van der Waals surface area contributed by atoms with Crippen LogP contribution in [0.2, 0.25) is 5.02 Å². The quantitative estimate of drug-likeness (QED) is 0.638. The molecule has 2 aromatic carbocycles. The molecule has 0 radical (unpaired) electrons. The van der Waals surface area contributed by atoms with Crippen LogP contribution in [0.4, 0.5) is 14.5 Å². The Morgan fingerprint density at radius 3 is 2.37 bits per heavy atom. The molecule has 0 aliphatic heterocycles. The maximum absolute atomic E-state index is 13.1. The third kappa shape index (κ3) is 5.46. The van der Waals surface area contributed by atoms with Crippen molar-refractivity contribution in [3.05, 3.63) is 58.6 Å². The normalized spacial score (nSPS) is 11.2. The third-order valence-corrected chi connectivity index (χ3v) is 5.14. The smallest absolute Gasteiger partial charge is 0.250 e. The highest BCUT2D eigenvalue weighted by Gasteiger charge is 2.17. The predicted octanol–water partition coefficient (Wildman–Crippen LogP) is 2.02. The van der Waals surface area contributed by atoms with E-state index in [0.29, 0.717) is 17.8 Å². The van der Waals surface area contributed by atoms with Crippen LogP contribution in [0.1, 0.15) is 16.8 Å². The van der Waals surface area contributed by atoms with Gasteiger partial charge in [-0.1, -0.05) is 11.6 Å². The van der Waals surface area contributed by atoms with Gasteiger partial charge in [0.1, 0.15) is 0 Å². The monoisotopic (exact) mass is 417 g/mol. The molecule has 0 unspecified atom stereocenters. The molecule has 4 N–H and O–H groups in total. The van der Waals surface area contributed by atoms with Gasteiger partial charge in [-0.3, -0.25) is 9.59 Å². The first-order valence-electron chi connectivity index (χ1n) is 7.44. The van der Waals surface area contributed by atoms with E-state index in [1.807, 2.05) is 0 Å². The van der Waals surface area contributed by atoms with Gasteiger partial charge < -0.3 is 11.1 Å². The van der Waals surface area contributed by atoms with Crippen molar-refractivity contribution in [3.8, 4) is 0 Å². The molecule has 0 aliphatic rings.